The van der Waals surface area contributed by atoms with Gasteiger partial charge in [-0.1, -0.05) is 26.2 Å². The first-order valence-corrected chi connectivity index (χ1v) is 6.19. The van der Waals surface area contributed by atoms with Crippen LogP contribution in [0.1, 0.15) is 46.0 Å². The van der Waals surface area contributed by atoms with E-state index in [9.17, 15) is 0 Å². The van der Waals surface area contributed by atoms with Gasteiger partial charge < -0.3 is 10.6 Å². The Morgan fingerprint density at radius 2 is 2.00 bits per heavy atom. The minimum atomic E-state index is 0.587. The van der Waals surface area contributed by atoms with Crippen LogP contribution in [0.3, 0.4) is 0 Å². The average molecular weight is 214 g/mol. The van der Waals surface area contributed by atoms with Crippen molar-refractivity contribution in [3.63, 3.8) is 0 Å². The van der Waals surface area contributed by atoms with Crippen LogP contribution in [0.5, 0.6) is 0 Å². The van der Waals surface area contributed by atoms with Crippen LogP contribution in [-0.4, -0.2) is 17.7 Å². The highest BCUT2D eigenvalue weighted by molar-refractivity contribution is 7.80. The van der Waals surface area contributed by atoms with E-state index in [0.29, 0.717) is 6.04 Å². The highest BCUT2D eigenvalue weighted by Gasteiger charge is 2.19. The summed E-state index contributed by atoms with van der Waals surface area (Å²) >= 11 is 5.21. The van der Waals surface area contributed by atoms with Crippen molar-refractivity contribution < 1.29 is 0 Å². The summed E-state index contributed by atoms with van der Waals surface area (Å²) in [5.41, 5.74) is 0. The molecule has 0 radical (unpaired) electrons. The van der Waals surface area contributed by atoms with Gasteiger partial charge in [-0.2, -0.15) is 0 Å². The van der Waals surface area contributed by atoms with Gasteiger partial charge in [0.1, 0.15) is 0 Å². The molecule has 1 fully saturated rings. The molecular weight excluding hydrogens is 192 g/mol. The predicted molar refractivity (Wildman–Crippen MR) is 65.4 cm³/mol. The lowest BCUT2D eigenvalue weighted by atomic mass is 9.97. The predicted octanol–water partition coefficient (Wildman–Crippen LogP) is 2.44. The topological polar surface area (TPSA) is 24.1 Å². The van der Waals surface area contributed by atoms with Gasteiger partial charge >= 0.3 is 0 Å². The smallest absolute Gasteiger partial charge is 0.166 e. The van der Waals surface area contributed by atoms with Crippen molar-refractivity contribution in [3.05, 3.63) is 0 Å². The molecule has 0 aromatic rings. The highest BCUT2D eigenvalue weighted by atomic mass is 32.1. The molecule has 0 aromatic carbocycles. The molecule has 2 atom stereocenters. The normalized spacial score (nSPS) is 27.9. The SMILES string of the molecule is CCNC(=S)NC1CCCCCC1C. The Kier molecular flexibility index (Phi) is 5.23. The average Bonchev–Trinajstić information content (AvgIpc) is 2.33. The number of hydrogen-bond acceptors (Lipinski definition) is 1. The second-order valence-corrected chi connectivity index (χ2v) is 4.63. The van der Waals surface area contributed by atoms with Crippen molar-refractivity contribution in [1.29, 1.82) is 0 Å². The maximum Gasteiger partial charge on any atom is 0.166 e. The highest BCUT2D eigenvalue weighted by Crippen LogP contribution is 2.22. The molecule has 0 saturated heterocycles. The summed E-state index contributed by atoms with van der Waals surface area (Å²) in [4.78, 5) is 0. The second-order valence-electron chi connectivity index (χ2n) is 4.23. The Labute approximate surface area is 92.8 Å². The molecule has 0 bridgehead atoms. The van der Waals surface area contributed by atoms with Crippen LogP contribution in [0.2, 0.25) is 0 Å². The number of rotatable bonds is 2. The van der Waals surface area contributed by atoms with E-state index in [1.807, 2.05) is 0 Å². The molecule has 2 N–H and O–H groups in total. The molecule has 2 nitrogen and oxygen atoms in total. The van der Waals surface area contributed by atoms with Gasteiger partial charge in [-0.25, -0.2) is 0 Å². The van der Waals surface area contributed by atoms with Crippen molar-refractivity contribution in [2.24, 2.45) is 5.92 Å². The molecule has 1 rings (SSSR count). The Bertz CT molecular complexity index is 182. The lowest BCUT2D eigenvalue weighted by Gasteiger charge is -2.24. The van der Waals surface area contributed by atoms with Gasteiger partial charge in [-0.3, -0.25) is 0 Å². The molecule has 1 aliphatic carbocycles. The van der Waals surface area contributed by atoms with Crippen molar-refractivity contribution in [2.75, 3.05) is 6.54 Å². The van der Waals surface area contributed by atoms with E-state index in [4.69, 9.17) is 12.2 Å². The quantitative estimate of drug-likeness (QED) is 0.545. The molecule has 82 valence electrons. The van der Waals surface area contributed by atoms with E-state index >= 15 is 0 Å². The van der Waals surface area contributed by atoms with Crippen LogP contribution < -0.4 is 10.6 Å². The van der Waals surface area contributed by atoms with Crippen LogP contribution >= 0.6 is 12.2 Å². The van der Waals surface area contributed by atoms with Gasteiger partial charge in [0.15, 0.2) is 5.11 Å². The summed E-state index contributed by atoms with van der Waals surface area (Å²) in [6.45, 7) is 5.31. The van der Waals surface area contributed by atoms with Gasteiger partial charge in [0.05, 0.1) is 0 Å². The zero-order valence-corrected chi connectivity index (χ0v) is 10.1. The molecule has 3 heteroatoms. The van der Waals surface area contributed by atoms with Crippen LogP contribution in [-0.2, 0) is 0 Å². The molecular formula is C11H22N2S. The molecule has 0 aromatic heterocycles. The summed E-state index contributed by atoms with van der Waals surface area (Å²) in [5.74, 6) is 0.758. The zero-order valence-electron chi connectivity index (χ0n) is 9.31. The summed E-state index contributed by atoms with van der Waals surface area (Å²) in [6.07, 6.45) is 6.72. The van der Waals surface area contributed by atoms with Crippen LogP contribution in [0.4, 0.5) is 0 Å². The van der Waals surface area contributed by atoms with E-state index in [1.54, 1.807) is 0 Å². The Hall–Kier alpha value is -0.310. The molecule has 1 saturated carbocycles. The lowest BCUT2D eigenvalue weighted by Crippen LogP contribution is -2.44. The Balaban J connectivity index is 2.36. The standard InChI is InChI=1S/C11H22N2S/c1-3-12-11(14)13-10-8-6-4-5-7-9(10)2/h9-10H,3-8H2,1-2H3,(H2,12,13,14). The van der Waals surface area contributed by atoms with E-state index in [0.717, 1.165) is 17.6 Å². The summed E-state index contributed by atoms with van der Waals surface area (Å²) < 4.78 is 0. The minimum absolute atomic E-state index is 0.587. The van der Waals surface area contributed by atoms with Gasteiger partial charge in [0, 0.05) is 12.6 Å². The van der Waals surface area contributed by atoms with Gasteiger partial charge in [-0.15, -0.1) is 0 Å². The molecule has 14 heavy (non-hydrogen) atoms. The number of hydrogen-bond donors (Lipinski definition) is 2. The van der Waals surface area contributed by atoms with Crippen molar-refractivity contribution in [3.8, 4) is 0 Å². The third-order valence-electron chi connectivity index (χ3n) is 3.02. The van der Waals surface area contributed by atoms with E-state index < -0.39 is 0 Å². The second kappa shape index (κ2) is 6.23. The molecule has 0 aliphatic heterocycles. The third-order valence-corrected chi connectivity index (χ3v) is 3.28. The van der Waals surface area contributed by atoms with Gasteiger partial charge in [0.25, 0.3) is 0 Å². The molecule has 0 spiro atoms. The first-order valence-electron chi connectivity index (χ1n) is 5.78. The van der Waals surface area contributed by atoms with Crippen LogP contribution in [0.15, 0.2) is 0 Å². The largest absolute Gasteiger partial charge is 0.363 e. The summed E-state index contributed by atoms with van der Waals surface area (Å²) in [5, 5.41) is 7.41. The van der Waals surface area contributed by atoms with E-state index in [-0.39, 0.29) is 0 Å². The van der Waals surface area contributed by atoms with Crippen molar-refractivity contribution in [1.82, 2.24) is 10.6 Å². The van der Waals surface area contributed by atoms with Crippen molar-refractivity contribution >= 4 is 17.3 Å². The number of thiocarbonyl (C=S) groups is 1. The zero-order chi connectivity index (χ0) is 10.4. The minimum Gasteiger partial charge on any atom is -0.363 e. The molecule has 1 aliphatic rings. The summed E-state index contributed by atoms with van der Waals surface area (Å²) in [6, 6.07) is 0.587. The van der Waals surface area contributed by atoms with Gasteiger partial charge in [0.2, 0.25) is 0 Å². The van der Waals surface area contributed by atoms with Crippen LogP contribution in [0.25, 0.3) is 0 Å². The van der Waals surface area contributed by atoms with Crippen molar-refractivity contribution in [2.45, 2.75) is 52.0 Å². The fourth-order valence-electron chi connectivity index (χ4n) is 2.09. The maximum atomic E-state index is 5.21. The Morgan fingerprint density at radius 1 is 1.29 bits per heavy atom. The molecule has 2 unspecified atom stereocenters. The fraction of sp³-hybridized carbons (Fsp3) is 0.909. The molecule has 0 heterocycles. The monoisotopic (exact) mass is 214 g/mol. The third kappa shape index (κ3) is 3.82. The van der Waals surface area contributed by atoms with Gasteiger partial charge in [-0.05, 0) is 37.9 Å². The number of nitrogens with one attached hydrogen (secondary N) is 2. The first-order chi connectivity index (χ1) is 6.74. The lowest BCUT2D eigenvalue weighted by molar-refractivity contribution is 0.399. The van der Waals surface area contributed by atoms with Crippen LogP contribution in [0, 0.1) is 5.92 Å². The maximum absolute atomic E-state index is 5.21. The van der Waals surface area contributed by atoms with E-state index in [1.165, 1.54) is 32.1 Å². The first kappa shape index (κ1) is 11.8. The van der Waals surface area contributed by atoms with E-state index in [2.05, 4.69) is 24.5 Å². The molecule has 0 amide bonds. The Morgan fingerprint density at radius 3 is 2.71 bits per heavy atom. The fourth-order valence-corrected chi connectivity index (χ4v) is 2.38. The summed E-state index contributed by atoms with van der Waals surface area (Å²) in [7, 11) is 0.